The number of amides is 1. The van der Waals surface area contributed by atoms with Gasteiger partial charge in [0.1, 0.15) is 11.6 Å². The number of hydrogen-bond acceptors (Lipinski definition) is 5. The molecule has 0 radical (unpaired) electrons. The van der Waals surface area contributed by atoms with Crippen LogP contribution in [0.2, 0.25) is 0 Å². The molecule has 98 valence electrons. The van der Waals surface area contributed by atoms with Gasteiger partial charge in [-0.3, -0.25) is 14.7 Å². The third kappa shape index (κ3) is 2.83. The molecule has 2 aromatic heterocycles. The van der Waals surface area contributed by atoms with Gasteiger partial charge in [0.25, 0.3) is 0 Å². The number of carbonyl (C=O) groups excluding carboxylic acids is 1. The van der Waals surface area contributed by atoms with Crippen LogP contribution >= 0.6 is 0 Å². The first-order valence-electron chi connectivity index (χ1n) is 5.37. The second-order valence-corrected chi connectivity index (χ2v) is 3.72. The van der Waals surface area contributed by atoms with Crippen molar-refractivity contribution < 1.29 is 9.18 Å². The highest BCUT2D eigenvalue weighted by molar-refractivity contribution is 5.98. The van der Waals surface area contributed by atoms with Gasteiger partial charge in [-0.25, -0.2) is 9.37 Å². The van der Waals surface area contributed by atoms with Crippen LogP contribution in [0.3, 0.4) is 0 Å². The van der Waals surface area contributed by atoms with E-state index < -0.39 is 5.82 Å². The zero-order valence-electron chi connectivity index (χ0n) is 10.0. The van der Waals surface area contributed by atoms with E-state index in [1.807, 2.05) is 0 Å². The molecule has 2 heterocycles. The summed E-state index contributed by atoms with van der Waals surface area (Å²) in [5.74, 6) is -0.731. The Hall–Kier alpha value is -2.54. The van der Waals surface area contributed by atoms with Crippen molar-refractivity contribution >= 4 is 23.1 Å². The molecular formula is C12H10FN4O2-. The lowest BCUT2D eigenvalue weighted by Crippen LogP contribution is -2.24. The Balaban J connectivity index is 2.48. The minimum atomic E-state index is -0.568. The fourth-order valence-corrected chi connectivity index (χ4v) is 1.60. The third-order valence-electron chi connectivity index (χ3n) is 2.36. The number of rotatable bonds is 3. The molecule has 0 aliphatic rings. The van der Waals surface area contributed by atoms with Crippen molar-refractivity contribution in [3.05, 3.63) is 47.8 Å². The monoisotopic (exact) mass is 261 g/mol. The number of halogens is 1. The molecule has 1 N–H and O–H groups in total. The maximum Gasteiger partial charge on any atom is 0.229 e. The van der Waals surface area contributed by atoms with E-state index in [1.54, 1.807) is 5.48 Å². The zero-order chi connectivity index (χ0) is 13.8. The third-order valence-corrected chi connectivity index (χ3v) is 2.36. The van der Waals surface area contributed by atoms with Crippen LogP contribution in [0.15, 0.2) is 36.8 Å². The van der Waals surface area contributed by atoms with Gasteiger partial charge in [-0.1, -0.05) is 0 Å². The van der Waals surface area contributed by atoms with Gasteiger partial charge in [-0.15, -0.1) is 0 Å². The first-order chi connectivity index (χ1) is 9.11. The van der Waals surface area contributed by atoms with Crippen LogP contribution in [0.4, 0.5) is 21.6 Å². The van der Waals surface area contributed by atoms with E-state index in [-0.39, 0.29) is 23.1 Å². The largest absolute Gasteiger partial charge is 0.761 e. The van der Waals surface area contributed by atoms with Crippen molar-refractivity contribution in [3.8, 4) is 0 Å². The van der Waals surface area contributed by atoms with Crippen molar-refractivity contribution in [1.29, 1.82) is 0 Å². The minimum absolute atomic E-state index is 0.209. The molecule has 19 heavy (non-hydrogen) atoms. The van der Waals surface area contributed by atoms with Gasteiger partial charge in [0.15, 0.2) is 0 Å². The van der Waals surface area contributed by atoms with Gasteiger partial charge in [0.05, 0.1) is 18.1 Å². The van der Waals surface area contributed by atoms with Crippen LogP contribution in [0.5, 0.6) is 0 Å². The molecular weight excluding hydrogens is 251 g/mol. The average molecular weight is 261 g/mol. The summed E-state index contributed by atoms with van der Waals surface area (Å²) in [4.78, 5) is 20.5. The van der Waals surface area contributed by atoms with E-state index in [1.165, 1.54) is 31.5 Å². The van der Waals surface area contributed by atoms with Crippen LogP contribution in [-0.4, -0.2) is 15.9 Å². The number of anilines is 3. The summed E-state index contributed by atoms with van der Waals surface area (Å²) in [6.45, 7) is 1.31. The molecule has 0 saturated heterocycles. The summed E-state index contributed by atoms with van der Waals surface area (Å²) in [5.41, 5.74) is 2.20. The first-order valence-corrected chi connectivity index (χ1v) is 5.37. The van der Waals surface area contributed by atoms with E-state index >= 15 is 0 Å². The molecule has 0 aliphatic carbocycles. The summed E-state index contributed by atoms with van der Waals surface area (Å²) in [6.07, 6.45) is 3.74. The molecule has 2 aromatic rings. The number of nitrogens with one attached hydrogen (secondary N) is 1. The first kappa shape index (κ1) is 12.9. The SMILES string of the molecule is CC(=O)N(c1cncc(F)c1)c1cc(N[O-])ccn1. The second-order valence-electron chi connectivity index (χ2n) is 3.72. The minimum Gasteiger partial charge on any atom is -0.761 e. The molecule has 2 rings (SSSR count). The average Bonchev–Trinajstić information content (AvgIpc) is 2.39. The standard InChI is InChI=1S/C12H10FN4O2/c1-8(18)17(11-4-9(13)6-14-7-11)12-5-10(16-19)2-3-15-12/h2-7H,1H3,(H-,15,16,19)/q-1. The van der Waals surface area contributed by atoms with Gasteiger partial charge < -0.3 is 10.7 Å². The maximum absolute atomic E-state index is 13.2. The van der Waals surface area contributed by atoms with Crippen molar-refractivity contribution in [2.24, 2.45) is 0 Å². The van der Waals surface area contributed by atoms with Gasteiger partial charge in [-0.2, -0.15) is 0 Å². The fourth-order valence-electron chi connectivity index (χ4n) is 1.60. The Morgan fingerprint density at radius 3 is 2.84 bits per heavy atom. The Morgan fingerprint density at radius 2 is 2.21 bits per heavy atom. The molecule has 0 spiro atoms. The molecule has 0 unspecified atom stereocenters. The maximum atomic E-state index is 13.2. The van der Waals surface area contributed by atoms with Crippen LogP contribution < -0.4 is 10.4 Å². The number of aromatic nitrogens is 2. The van der Waals surface area contributed by atoms with Gasteiger partial charge >= 0.3 is 0 Å². The summed E-state index contributed by atoms with van der Waals surface area (Å²) >= 11 is 0. The molecule has 0 aliphatic heterocycles. The molecule has 0 aromatic carbocycles. The van der Waals surface area contributed by atoms with Crippen LogP contribution in [0.25, 0.3) is 0 Å². The fraction of sp³-hybridized carbons (Fsp3) is 0.0833. The Morgan fingerprint density at radius 1 is 1.42 bits per heavy atom. The Labute approximate surface area is 108 Å². The summed E-state index contributed by atoms with van der Waals surface area (Å²) in [5, 5.41) is 10.6. The van der Waals surface area contributed by atoms with E-state index in [0.29, 0.717) is 0 Å². The topological polar surface area (TPSA) is 81.2 Å². The lowest BCUT2D eigenvalue weighted by atomic mass is 10.3. The van der Waals surface area contributed by atoms with Gasteiger partial charge in [-0.05, 0) is 6.07 Å². The number of carbonyl (C=O) groups is 1. The summed E-state index contributed by atoms with van der Waals surface area (Å²) < 4.78 is 13.2. The Kier molecular flexibility index (Phi) is 3.67. The highest BCUT2D eigenvalue weighted by atomic mass is 19.1. The van der Waals surface area contributed by atoms with Crippen molar-refractivity contribution in [3.63, 3.8) is 0 Å². The van der Waals surface area contributed by atoms with Gasteiger partial charge in [0.2, 0.25) is 5.91 Å². The lowest BCUT2D eigenvalue weighted by Gasteiger charge is -2.21. The molecule has 6 nitrogen and oxygen atoms in total. The molecule has 0 saturated carbocycles. The summed E-state index contributed by atoms with van der Waals surface area (Å²) in [6, 6.07) is 4.01. The summed E-state index contributed by atoms with van der Waals surface area (Å²) in [7, 11) is 0. The van der Waals surface area contributed by atoms with E-state index in [0.717, 1.165) is 17.2 Å². The van der Waals surface area contributed by atoms with Crippen LogP contribution in [0.1, 0.15) is 6.92 Å². The van der Waals surface area contributed by atoms with Gasteiger partial charge in [0, 0.05) is 30.9 Å². The van der Waals surface area contributed by atoms with E-state index in [9.17, 15) is 14.4 Å². The van der Waals surface area contributed by atoms with Crippen molar-refractivity contribution in [1.82, 2.24) is 9.97 Å². The van der Waals surface area contributed by atoms with Crippen LogP contribution in [0, 0.1) is 11.0 Å². The predicted molar refractivity (Wildman–Crippen MR) is 68.2 cm³/mol. The molecule has 7 heteroatoms. The van der Waals surface area contributed by atoms with E-state index in [2.05, 4.69) is 9.97 Å². The number of nitrogens with zero attached hydrogens (tertiary/aromatic N) is 3. The van der Waals surface area contributed by atoms with Crippen LogP contribution in [-0.2, 0) is 4.79 Å². The molecule has 1 amide bonds. The quantitative estimate of drug-likeness (QED) is 0.856. The van der Waals surface area contributed by atoms with Crippen molar-refractivity contribution in [2.45, 2.75) is 6.92 Å². The second kappa shape index (κ2) is 5.40. The normalized spacial score (nSPS) is 10.1. The predicted octanol–water partition coefficient (Wildman–Crippen LogP) is 2.21. The zero-order valence-corrected chi connectivity index (χ0v) is 10.0. The highest BCUT2D eigenvalue weighted by Gasteiger charge is 2.16. The molecule has 0 fully saturated rings. The number of pyridine rings is 2. The molecule has 0 atom stereocenters. The van der Waals surface area contributed by atoms with E-state index in [4.69, 9.17) is 0 Å². The van der Waals surface area contributed by atoms with Crippen molar-refractivity contribution in [2.75, 3.05) is 10.4 Å². The number of hydrogen-bond donors (Lipinski definition) is 1. The smallest absolute Gasteiger partial charge is 0.229 e. The lowest BCUT2D eigenvalue weighted by molar-refractivity contribution is -0.115. The molecule has 0 bridgehead atoms. The Bertz CT molecular complexity index is 606. The highest BCUT2D eigenvalue weighted by Crippen LogP contribution is 2.25.